The zero-order chi connectivity index (χ0) is 13.9. The fourth-order valence-corrected chi connectivity index (χ4v) is 2.12. The number of ether oxygens (including phenoxy) is 1. The van der Waals surface area contributed by atoms with Crippen LogP contribution in [0.25, 0.3) is 0 Å². The van der Waals surface area contributed by atoms with Gasteiger partial charge in [0.25, 0.3) is 5.91 Å². The Kier molecular flexibility index (Phi) is 3.16. The van der Waals surface area contributed by atoms with E-state index >= 15 is 0 Å². The van der Waals surface area contributed by atoms with Gasteiger partial charge in [-0.15, -0.1) is 0 Å². The van der Waals surface area contributed by atoms with Gasteiger partial charge in [0.15, 0.2) is 5.75 Å². The number of phenols is 1. The van der Waals surface area contributed by atoms with Gasteiger partial charge in [-0.2, -0.15) is 0 Å². The Morgan fingerprint density at radius 1 is 1.20 bits per heavy atom. The Bertz CT molecular complexity index is 655. The van der Waals surface area contributed by atoms with Crippen LogP contribution in [0.2, 0.25) is 0 Å². The van der Waals surface area contributed by atoms with Gasteiger partial charge in [0, 0.05) is 6.54 Å². The summed E-state index contributed by atoms with van der Waals surface area (Å²) in [5.41, 5.74) is 1.62. The molecule has 0 spiro atoms. The third-order valence-electron chi connectivity index (χ3n) is 3.08. The van der Waals surface area contributed by atoms with Crippen molar-refractivity contribution in [1.82, 2.24) is 0 Å². The number of rotatable bonds is 2. The molecule has 0 saturated heterocycles. The van der Waals surface area contributed by atoms with Gasteiger partial charge >= 0.3 is 0 Å². The van der Waals surface area contributed by atoms with Crippen molar-refractivity contribution >= 4 is 17.3 Å². The quantitative estimate of drug-likeness (QED) is 0.733. The molecular formula is C15H14N2O3. The molecular weight excluding hydrogens is 256 g/mol. The lowest BCUT2D eigenvalue weighted by Gasteiger charge is -2.21. The number of anilines is 2. The van der Waals surface area contributed by atoms with E-state index in [0.717, 1.165) is 12.2 Å². The summed E-state index contributed by atoms with van der Waals surface area (Å²) in [5, 5.41) is 15.5. The number of phenolic OH excluding ortho intramolecular Hbond substituents is 1. The lowest BCUT2D eigenvalue weighted by atomic mass is 10.1. The summed E-state index contributed by atoms with van der Waals surface area (Å²) in [4.78, 5) is 12.3. The number of nitrogens with one attached hydrogen (secondary N) is 2. The molecule has 1 aliphatic heterocycles. The van der Waals surface area contributed by atoms with Gasteiger partial charge in [-0.05, 0) is 24.3 Å². The number of hydrogen-bond acceptors (Lipinski definition) is 4. The largest absolute Gasteiger partial charge is 0.506 e. The molecule has 0 unspecified atom stereocenters. The van der Waals surface area contributed by atoms with E-state index in [1.807, 2.05) is 6.07 Å². The zero-order valence-corrected chi connectivity index (χ0v) is 10.7. The summed E-state index contributed by atoms with van der Waals surface area (Å²) in [6.07, 6.45) is 0. The standard InChI is InChI=1S/C15H14N2O3/c18-13-7-2-1-5-11(13)17-15(19)10-4-3-6-12-14(10)20-9-8-16-12/h1-7,16,18H,8-9H2,(H,17,19). The van der Waals surface area contributed by atoms with Gasteiger partial charge in [0.05, 0.1) is 16.9 Å². The second-order valence-corrected chi connectivity index (χ2v) is 4.43. The summed E-state index contributed by atoms with van der Waals surface area (Å²) in [6.45, 7) is 1.24. The summed E-state index contributed by atoms with van der Waals surface area (Å²) in [7, 11) is 0. The number of para-hydroxylation sites is 3. The Hall–Kier alpha value is -2.69. The van der Waals surface area contributed by atoms with Crippen molar-refractivity contribution in [2.75, 3.05) is 23.8 Å². The highest BCUT2D eigenvalue weighted by atomic mass is 16.5. The van der Waals surface area contributed by atoms with Crippen LogP contribution >= 0.6 is 0 Å². The van der Waals surface area contributed by atoms with E-state index in [1.54, 1.807) is 30.3 Å². The van der Waals surface area contributed by atoms with Crippen molar-refractivity contribution in [1.29, 1.82) is 0 Å². The van der Waals surface area contributed by atoms with Crippen molar-refractivity contribution in [3.05, 3.63) is 48.0 Å². The van der Waals surface area contributed by atoms with Gasteiger partial charge in [-0.25, -0.2) is 0 Å². The van der Waals surface area contributed by atoms with Crippen molar-refractivity contribution in [2.45, 2.75) is 0 Å². The van der Waals surface area contributed by atoms with E-state index in [0.29, 0.717) is 23.6 Å². The summed E-state index contributed by atoms with van der Waals surface area (Å²) < 4.78 is 5.56. The van der Waals surface area contributed by atoms with E-state index in [1.165, 1.54) is 6.07 Å². The van der Waals surface area contributed by atoms with Gasteiger partial charge in [0.2, 0.25) is 0 Å². The van der Waals surface area contributed by atoms with Gasteiger partial charge in [-0.1, -0.05) is 18.2 Å². The van der Waals surface area contributed by atoms with Crippen LogP contribution in [0.3, 0.4) is 0 Å². The number of amides is 1. The molecule has 3 N–H and O–H groups in total. The van der Waals surface area contributed by atoms with Crippen LogP contribution in [0, 0.1) is 0 Å². The fourth-order valence-electron chi connectivity index (χ4n) is 2.12. The first-order chi connectivity index (χ1) is 9.75. The molecule has 20 heavy (non-hydrogen) atoms. The highest BCUT2D eigenvalue weighted by Gasteiger charge is 2.19. The monoisotopic (exact) mass is 270 g/mol. The Balaban J connectivity index is 1.90. The second-order valence-electron chi connectivity index (χ2n) is 4.43. The highest BCUT2D eigenvalue weighted by molar-refractivity contribution is 6.08. The normalized spacial score (nSPS) is 12.8. The highest BCUT2D eigenvalue weighted by Crippen LogP contribution is 2.32. The number of hydrogen-bond donors (Lipinski definition) is 3. The van der Waals surface area contributed by atoms with Crippen LogP contribution in [-0.2, 0) is 0 Å². The molecule has 0 fully saturated rings. The van der Waals surface area contributed by atoms with Crippen molar-refractivity contribution in [2.24, 2.45) is 0 Å². The van der Waals surface area contributed by atoms with Gasteiger partial charge < -0.3 is 20.5 Å². The average molecular weight is 270 g/mol. The Morgan fingerprint density at radius 2 is 2.05 bits per heavy atom. The molecule has 3 rings (SSSR count). The number of aromatic hydroxyl groups is 1. The van der Waals surface area contributed by atoms with E-state index in [4.69, 9.17) is 4.74 Å². The fraction of sp³-hybridized carbons (Fsp3) is 0.133. The molecule has 102 valence electrons. The Labute approximate surface area is 116 Å². The maximum atomic E-state index is 12.3. The van der Waals surface area contributed by atoms with Crippen LogP contribution in [-0.4, -0.2) is 24.2 Å². The SMILES string of the molecule is O=C(Nc1ccccc1O)c1cccc2c1OCCN2. The van der Waals surface area contributed by atoms with Crippen molar-refractivity contribution < 1.29 is 14.6 Å². The smallest absolute Gasteiger partial charge is 0.259 e. The summed E-state index contributed by atoms with van der Waals surface area (Å²) in [6, 6.07) is 12.0. The number of benzene rings is 2. The number of carbonyl (C=O) groups excluding carboxylic acids is 1. The number of fused-ring (bicyclic) bond motifs is 1. The van der Waals surface area contributed by atoms with E-state index in [9.17, 15) is 9.90 Å². The summed E-state index contributed by atoms with van der Waals surface area (Å²) in [5.74, 6) is 0.267. The molecule has 0 radical (unpaired) electrons. The maximum Gasteiger partial charge on any atom is 0.259 e. The minimum atomic E-state index is -0.313. The van der Waals surface area contributed by atoms with Crippen LogP contribution in [0.1, 0.15) is 10.4 Å². The molecule has 0 aliphatic carbocycles. The zero-order valence-electron chi connectivity index (χ0n) is 10.7. The van der Waals surface area contributed by atoms with Gasteiger partial charge in [-0.3, -0.25) is 4.79 Å². The molecule has 1 aliphatic rings. The van der Waals surface area contributed by atoms with Crippen LogP contribution in [0.15, 0.2) is 42.5 Å². The average Bonchev–Trinajstić information content (AvgIpc) is 2.49. The van der Waals surface area contributed by atoms with Crippen LogP contribution in [0.5, 0.6) is 11.5 Å². The first kappa shape index (κ1) is 12.3. The molecule has 5 heteroatoms. The van der Waals surface area contributed by atoms with Gasteiger partial charge in [0.1, 0.15) is 12.4 Å². The molecule has 0 atom stereocenters. The van der Waals surface area contributed by atoms with E-state index in [-0.39, 0.29) is 11.7 Å². The predicted octanol–water partition coefficient (Wildman–Crippen LogP) is 2.45. The maximum absolute atomic E-state index is 12.3. The minimum Gasteiger partial charge on any atom is -0.506 e. The molecule has 1 amide bonds. The van der Waals surface area contributed by atoms with Crippen molar-refractivity contribution in [3.8, 4) is 11.5 Å². The van der Waals surface area contributed by atoms with E-state index in [2.05, 4.69) is 10.6 Å². The summed E-state index contributed by atoms with van der Waals surface area (Å²) >= 11 is 0. The van der Waals surface area contributed by atoms with Crippen molar-refractivity contribution in [3.63, 3.8) is 0 Å². The topological polar surface area (TPSA) is 70.6 Å². The Morgan fingerprint density at radius 3 is 2.90 bits per heavy atom. The van der Waals surface area contributed by atoms with Crippen LogP contribution < -0.4 is 15.4 Å². The molecule has 5 nitrogen and oxygen atoms in total. The molecule has 2 aromatic carbocycles. The third kappa shape index (κ3) is 2.25. The molecule has 0 bridgehead atoms. The molecule has 0 saturated carbocycles. The first-order valence-electron chi connectivity index (χ1n) is 6.35. The predicted molar refractivity (Wildman–Crippen MR) is 76.5 cm³/mol. The third-order valence-corrected chi connectivity index (χ3v) is 3.08. The lowest BCUT2D eigenvalue weighted by Crippen LogP contribution is -2.21. The molecule has 0 aromatic heterocycles. The lowest BCUT2D eigenvalue weighted by molar-refractivity contribution is 0.102. The number of carbonyl (C=O) groups is 1. The first-order valence-corrected chi connectivity index (χ1v) is 6.35. The molecule has 1 heterocycles. The minimum absolute atomic E-state index is 0.0321. The van der Waals surface area contributed by atoms with E-state index < -0.39 is 0 Å². The second kappa shape index (κ2) is 5.13. The van der Waals surface area contributed by atoms with Crippen LogP contribution in [0.4, 0.5) is 11.4 Å². The molecule has 2 aromatic rings.